The van der Waals surface area contributed by atoms with E-state index in [0.29, 0.717) is 0 Å². The number of anilines is 1. The standard InChI is InChI=1S/C9H12N2O3/c1-5(2)14-8-7(10)3-6(4-11-8)9(12)13/h3-5H,10H2,1-2H3,(H,12,13). The van der Waals surface area contributed by atoms with Crippen LogP contribution >= 0.6 is 0 Å². The van der Waals surface area contributed by atoms with E-state index in [1.807, 2.05) is 13.8 Å². The highest BCUT2D eigenvalue weighted by atomic mass is 16.5. The zero-order valence-corrected chi connectivity index (χ0v) is 8.02. The monoisotopic (exact) mass is 196 g/mol. The Bertz CT molecular complexity index is 350. The summed E-state index contributed by atoms with van der Waals surface area (Å²) in [6.45, 7) is 3.68. The molecule has 0 fully saturated rings. The molecule has 5 heteroatoms. The average molecular weight is 196 g/mol. The Morgan fingerprint density at radius 2 is 2.29 bits per heavy atom. The fourth-order valence-corrected chi connectivity index (χ4v) is 0.908. The highest BCUT2D eigenvalue weighted by Crippen LogP contribution is 2.19. The lowest BCUT2D eigenvalue weighted by molar-refractivity contribution is 0.0696. The average Bonchev–Trinajstić information content (AvgIpc) is 2.07. The van der Waals surface area contributed by atoms with Crippen molar-refractivity contribution in [2.75, 3.05) is 5.73 Å². The van der Waals surface area contributed by atoms with Crippen LogP contribution in [0.1, 0.15) is 24.2 Å². The number of carboxylic acids is 1. The van der Waals surface area contributed by atoms with Crippen molar-refractivity contribution >= 4 is 11.7 Å². The third kappa shape index (κ3) is 2.35. The summed E-state index contributed by atoms with van der Waals surface area (Å²) in [6.07, 6.45) is 1.18. The molecule has 0 spiro atoms. The maximum Gasteiger partial charge on any atom is 0.337 e. The molecule has 76 valence electrons. The number of pyridine rings is 1. The molecule has 0 atom stereocenters. The first-order valence-electron chi connectivity index (χ1n) is 4.16. The molecule has 1 aromatic heterocycles. The van der Waals surface area contributed by atoms with Gasteiger partial charge in [0.25, 0.3) is 0 Å². The van der Waals surface area contributed by atoms with Gasteiger partial charge in [-0.05, 0) is 19.9 Å². The second kappa shape index (κ2) is 3.95. The Morgan fingerprint density at radius 1 is 1.64 bits per heavy atom. The van der Waals surface area contributed by atoms with Crippen LogP contribution in [0.3, 0.4) is 0 Å². The lowest BCUT2D eigenvalue weighted by Crippen LogP contribution is -2.10. The number of nitrogens with zero attached hydrogens (tertiary/aromatic N) is 1. The molecule has 0 aromatic carbocycles. The van der Waals surface area contributed by atoms with Gasteiger partial charge < -0.3 is 15.6 Å². The zero-order valence-electron chi connectivity index (χ0n) is 8.02. The molecule has 1 heterocycles. The molecule has 0 amide bonds. The molecular weight excluding hydrogens is 184 g/mol. The van der Waals surface area contributed by atoms with Crippen molar-refractivity contribution in [3.05, 3.63) is 17.8 Å². The van der Waals surface area contributed by atoms with Gasteiger partial charge in [0.05, 0.1) is 17.4 Å². The van der Waals surface area contributed by atoms with Crippen LogP contribution in [-0.4, -0.2) is 22.2 Å². The van der Waals surface area contributed by atoms with Crippen LogP contribution < -0.4 is 10.5 Å². The van der Waals surface area contributed by atoms with E-state index in [1.165, 1.54) is 12.3 Å². The molecule has 0 aliphatic heterocycles. The minimum atomic E-state index is -1.06. The molecule has 0 radical (unpaired) electrons. The van der Waals surface area contributed by atoms with E-state index in [2.05, 4.69) is 4.98 Å². The number of aromatic carboxylic acids is 1. The van der Waals surface area contributed by atoms with Crippen molar-refractivity contribution in [3.8, 4) is 5.88 Å². The van der Waals surface area contributed by atoms with Crippen LogP contribution in [0.15, 0.2) is 12.3 Å². The van der Waals surface area contributed by atoms with Crippen molar-refractivity contribution < 1.29 is 14.6 Å². The number of rotatable bonds is 3. The number of ether oxygens (including phenoxy) is 1. The van der Waals surface area contributed by atoms with E-state index < -0.39 is 5.97 Å². The quantitative estimate of drug-likeness (QED) is 0.757. The molecule has 1 rings (SSSR count). The maximum absolute atomic E-state index is 10.6. The van der Waals surface area contributed by atoms with Gasteiger partial charge >= 0.3 is 5.97 Å². The molecular formula is C9H12N2O3. The van der Waals surface area contributed by atoms with E-state index in [-0.39, 0.29) is 23.2 Å². The first-order valence-corrected chi connectivity index (χ1v) is 4.16. The number of carbonyl (C=O) groups is 1. The molecule has 0 saturated heterocycles. The summed E-state index contributed by atoms with van der Waals surface area (Å²) < 4.78 is 5.25. The van der Waals surface area contributed by atoms with Gasteiger partial charge in [-0.15, -0.1) is 0 Å². The van der Waals surface area contributed by atoms with Crippen molar-refractivity contribution in [2.45, 2.75) is 20.0 Å². The molecule has 0 aliphatic carbocycles. The number of carboxylic acid groups (broad SMARTS) is 1. The van der Waals surface area contributed by atoms with Crippen molar-refractivity contribution in [2.24, 2.45) is 0 Å². The summed E-state index contributed by atoms with van der Waals surface area (Å²) in [5.74, 6) is -0.787. The predicted molar refractivity (Wildman–Crippen MR) is 51.4 cm³/mol. The van der Waals surface area contributed by atoms with Gasteiger partial charge in [-0.1, -0.05) is 0 Å². The van der Waals surface area contributed by atoms with Gasteiger partial charge in [-0.25, -0.2) is 9.78 Å². The third-order valence-corrected chi connectivity index (χ3v) is 1.47. The maximum atomic E-state index is 10.6. The third-order valence-electron chi connectivity index (χ3n) is 1.47. The predicted octanol–water partition coefficient (Wildman–Crippen LogP) is 1.15. The van der Waals surface area contributed by atoms with Crippen molar-refractivity contribution in [3.63, 3.8) is 0 Å². The number of hydrogen-bond acceptors (Lipinski definition) is 4. The van der Waals surface area contributed by atoms with Crippen LogP contribution in [0, 0.1) is 0 Å². The summed E-state index contributed by atoms with van der Waals surface area (Å²) in [4.78, 5) is 14.4. The van der Waals surface area contributed by atoms with Crippen LogP contribution in [0.4, 0.5) is 5.69 Å². The Balaban J connectivity index is 2.95. The largest absolute Gasteiger partial charge is 0.478 e. The molecule has 1 aromatic rings. The molecule has 0 bridgehead atoms. The minimum absolute atomic E-state index is 0.0412. The van der Waals surface area contributed by atoms with Gasteiger partial charge in [-0.3, -0.25) is 0 Å². The molecule has 0 aliphatic rings. The Labute approximate surface area is 81.5 Å². The van der Waals surface area contributed by atoms with Gasteiger partial charge in [0, 0.05) is 6.20 Å². The van der Waals surface area contributed by atoms with Gasteiger partial charge in [0.2, 0.25) is 5.88 Å². The van der Waals surface area contributed by atoms with Crippen molar-refractivity contribution in [1.29, 1.82) is 0 Å². The molecule has 3 N–H and O–H groups in total. The number of hydrogen-bond donors (Lipinski definition) is 2. The molecule has 5 nitrogen and oxygen atoms in total. The topological polar surface area (TPSA) is 85.4 Å². The molecule has 0 saturated carbocycles. The normalized spacial score (nSPS) is 10.2. The smallest absolute Gasteiger partial charge is 0.337 e. The Hall–Kier alpha value is -1.78. The van der Waals surface area contributed by atoms with E-state index in [1.54, 1.807) is 0 Å². The Morgan fingerprint density at radius 3 is 2.71 bits per heavy atom. The summed E-state index contributed by atoms with van der Waals surface area (Å²) in [7, 11) is 0. The van der Waals surface area contributed by atoms with Crippen LogP contribution in [0.25, 0.3) is 0 Å². The zero-order chi connectivity index (χ0) is 10.7. The first-order chi connectivity index (χ1) is 6.50. The van der Waals surface area contributed by atoms with E-state index in [4.69, 9.17) is 15.6 Å². The van der Waals surface area contributed by atoms with Gasteiger partial charge in [0.1, 0.15) is 0 Å². The molecule has 14 heavy (non-hydrogen) atoms. The van der Waals surface area contributed by atoms with Crippen LogP contribution in [0.2, 0.25) is 0 Å². The Kier molecular flexibility index (Phi) is 2.91. The molecule has 0 unspecified atom stereocenters. The van der Waals surface area contributed by atoms with E-state index in [9.17, 15) is 4.79 Å². The lowest BCUT2D eigenvalue weighted by Gasteiger charge is -2.10. The fraction of sp³-hybridized carbons (Fsp3) is 0.333. The summed E-state index contributed by atoms with van der Waals surface area (Å²) in [5, 5.41) is 8.65. The number of nitrogens with two attached hydrogens (primary N) is 1. The van der Waals surface area contributed by atoms with Crippen LogP contribution in [-0.2, 0) is 0 Å². The van der Waals surface area contributed by atoms with Crippen molar-refractivity contribution in [1.82, 2.24) is 4.98 Å². The summed E-state index contributed by atoms with van der Waals surface area (Å²) in [6, 6.07) is 1.33. The fourth-order valence-electron chi connectivity index (χ4n) is 0.908. The first kappa shape index (κ1) is 10.3. The minimum Gasteiger partial charge on any atom is -0.478 e. The highest BCUT2D eigenvalue weighted by molar-refractivity contribution is 5.88. The van der Waals surface area contributed by atoms with E-state index >= 15 is 0 Å². The lowest BCUT2D eigenvalue weighted by atomic mass is 10.2. The van der Waals surface area contributed by atoms with Gasteiger partial charge in [0.15, 0.2) is 0 Å². The second-order valence-electron chi connectivity index (χ2n) is 3.09. The number of nitrogen functional groups attached to an aromatic ring is 1. The SMILES string of the molecule is CC(C)Oc1ncc(C(=O)O)cc1N. The number of aromatic nitrogens is 1. The summed E-state index contributed by atoms with van der Waals surface area (Å²) in [5.41, 5.74) is 5.85. The summed E-state index contributed by atoms with van der Waals surface area (Å²) >= 11 is 0. The van der Waals surface area contributed by atoms with Crippen LogP contribution in [0.5, 0.6) is 5.88 Å². The highest BCUT2D eigenvalue weighted by Gasteiger charge is 2.09. The van der Waals surface area contributed by atoms with E-state index in [0.717, 1.165) is 0 Å². The second-order valence-corrected chi connectivity index (χ2v) is 3.09. The van der Waals surface area contributed by atoms with Gasteiger partial charge in [-0.2, -0.15) is 0 Å².